The number of methoxy groups -OCH3 is 1. The number of ether oxygens (including phenoxy) is 1. The number of rotatable bonds is 5. The molecule has 1 amide bonds. The number of carbonyl (C=O) groups excluding carboxylic acids is 1. The molecule has 1 aliphatic rings. The lowest BCUT2D eigenvalue weighted by Gasteiger charge is -2.25. The van der Waals surface area contributed by atoms with Crippen molar-refractivity contribution in [3.05, 3.63) is 59.1 Å². The van der Waals surface area contributed by atoms with E-state index in [1.807, 2.05) is 47.8 Å². The second kappa shape index (κ2) is 6.70. The maximum Gasteiger partial charge on any atom is 0.269 e. The summed E-state index contributed by atoms with van der Waals surface area (Å²) in [5.41, 5.74) is 2.56. The van der Waals surface area contributed by atoms with Gasteiger partial charge in [0.2, 0.25) is 0 Å². The van der Waals surface area contributed by atoms with Crippen LogP contribution in [-0.2, 0) is 6.54 Å². The first-order valence-electron chi connectivity index (χ1n) is 8.02. The van der Waals surface area contributed by atoms with Crippen molar-refractivity contribution in [1.82, 2.24) is 20.4 Å². The highest BCUT2D eigenvalue weighted by molar-refractivity contribution is 7.13. The number of hydrogen-bond donors (Lipinski definition) is 2. The zero-order chi connectivity index (χ0) is 17.2. The van der Waals surface area contributed by atoms with Crippen LogP contribution in [0.2, 0.25) is 0 Å². The summed E-state index contributed by atoms with van der Waals surface area (Å²) < 4.78 is 6.97. The Morgan fingerprint density at radius 1 is 1.36 bits per heavy atom. The van der Waals surface area contributed by atoms with Crippen molar-refractivity contribution < 1.29 is 9.53 Å². The smallest absolute Gasteiger partial charge is 0.269 e. The Hall–Kier alpha value is -2.64. The summed E-state index contributed by atoms with van der Waals surface area (Å²) in [5, 5.41) is 13.0. The van der Waals surface area contributed by atoms with Gasteiger partial charge in [-0.3, -0.25) is 10.1 Å². The summed E-state index contributed by atoms with van der Waals surface area (Å²) >= 11 is 1.62. The molecule has 25 heavy (non-hydrogen) atoms. The van der Waals surface area contributed by atoms with Crippen LogP contribution in [-0.4, -0.2) is 29.3 Å². The predicted octanol–water partition coefficient (Wildman–Crippen LogP) is 2.65. The summed E-state index contributed by atoms with van der Waals surface area (Å²) in [4.78, 5) is 13.2. The highest BCUT2D eigenvalue weighted by atomic mass is 32.1. The Labute approximate surface area is 149 Å². The molecule has 1 atom stereocenters. The molecule has 1 aromatic carbocycles. The van der Waals surface area contributed by atoms with Crippen LogP contribution < -0.4 is 15.4 Å². The van der Waals surface area contributed by atoms with Gasteiger partial charge in [-0.2, -0.15) is 5.10 Å². The third-order valence-corrected chi connectivity index (χ3v) is 5.09. The molecular formula is C18H18N4O2S. The van der Waals surface area contributed by atoms with Gasteiger partial charge in [-0.15, -0.1) is 11.3 Å². The molecule has 0 fully saturated rings. The van der Waals surface area contributed by atoms with E-state index in [1.165, 1.54) is 0 Å². The van der Waals surface area contributed by atoms with Crippen LogP contribution in [0.3, 0.4) is 0 Å². The number of nitrogens with zero attached hydrogens (tertiary/aromatic N) is 2. The minimum Gasteiger partial charge on any atom is -0.497 e. The third kappa shape index (κ3) is 3.16. The van der Waals surface area contributed by atoms with E-state index in [2.05, 4.69) is 15.7 Å². The Morgan fingerprint density at radius 2 is 2.20 bits per heavy atom. The molecule has 2 N–H and O–H groups in total. The van der Waals surface area contributed by atoms with Gasteiger partial charge in [0.05, 0.1) is 18.5 Å². The fourth-order valence-corrected chi connectivity index (χ4v) is 3.53. The maximum atomic E-state index is 12.1. The number of carbonyl (C=O) groups is 1. The predicted molar refractivity (Wildman–Crippen MR) is 96.7 cm³/mol. The molecule has 0 saturated carbocycles. The van der Waals surface area contributed by atoms with E-state index in [-0.39, 0.29) is 12.1 Å². The van der Waals surface area contributed by atoms with E-state index < -0.39 is 0 Å². The van der Waals surface area contributed by atoms with Crippen LogP contribution >= 0.6 is 11.3 Å². The van der Waals surface area contributed by atoms with Gasteiger partial charge < -0.3 is 10.1 Å². The number of aromatic nitrogens is 2. The molecule has 0 saturated heterocycles. The molecule has 4 rings (SSSR count). The van der Waals surface area contributed by atoms with E-state index >= 15 is 0 Å². The standard InChI is InChI=1S/C18H18N4O2S/c1-24-13-6-4-12(5-7-13)10-19-17-11-20-18(23)15-9-14(21-22(15)17)16-3-2-8-25-16/h2-9,17,19H,10-11H2,1H3,(H,20,23)/t17-/m1/s1. The fraction of sp³-hybridized carbons (Fsp3) is 0.222. The lowest BCUT2D eigenvalue weighted by molar-refractivity contribution is 0.0900. The highest BCUT2D eigenvalue weighted by Crippen LogP contribution is 2.26. The average molecular weight is 354 g/mol. The zero-order valence-corrected chi connectivity index (χ0v) is 14.5. The van der Waals surface area contributed by atoms with Gasteiger partial charge >= 0.3 is 0 Å². The molecule has 0 radical (unpaired) electrons. The molecule has 2 aromatic heterocycles. The van der Waals surface area contributed by atoms with Gasteiger partial charge in [-0.05, 0) is 35.2 Å². The van der Waals surface area contributed by atoms with Gasteiger partial charge in [0.1, 0.15) is 23.3 Å². The van der Waals surface area contributed by atoms with E-state index in [4.69, 9.17) is 4.74 Å². The van der Waals surface area contributed by atoms with Crippen molar-refractivity contribution in [2.75, 3.05) is 13.7 Å². The molecule has 0 aliphatic carbocycles. The summed E-state index contributed by atoms with van der Waals surface area (Å²) in [6.45, 7) is 1.19. The van der Waals surface area contributed by atoms with Crippen LogP contribution in [0.1, 0.15) is 22.2 Å². The minimum atomic E-state index is -0.0854. The van der Waals surface area contributed by atoms with E-state index in [9.17, 15) is 4.79 Å². The van der Waals surface area contributed by atoms with Crippen molar-refractivity contribution in [2.45, 2.75) is 12.7 Å². The summed E-state index contributed by atoms with van der Waals surface area (Å²) in [7, 11) is 1.66. The molecule has 6 nitrogen and oxygen atoms in total. The summed E-state index contributed by atoms with van der Waals surface area (Å²) in [6.07, 6.45) is -0.0801. The largest absolute Gasteiger partial charge is 0.497 e. The second-order valence-electron chi connectivity index (χ2n) is 5.79. The number of fused-ring (bicyclic) bond motifs is 1. The van der Waals surface area contributed by atoms with Crippen molar-refractivity contribution in [3.8, 4) is 16.3 Å². The highest BCUT2D eigenvalue weighted by Gasteiger charge is 2.27. The third-order valence-electron chi connectivity index (χ3n) is 4.19. The van der Waals surface area contributed by atoms with Crippen molar-refractivity contribution >= 4 is 17.2 Å². The van der Waals surface area contributed by atoms with Crippen molar-refractivity contribution in [2.24, 2.45) is 0 Å². The van der Waals surface area contributed by atoms with E-state index in [0.717, 1.165) is 21.9 Å². The molecule has 7 heteroatoms. The van der Waals surface area contributed by atoms with Gasteiger partial charge in [0.15, 0.2) is 0 Å². The zero-order valence-electron chi connectivity index (χ0n) is 13.7. The van der Waals surface area contributed by atoms with Crippen LogP contribution in [0.5, 0.6) is 5.75 Å². The molecule has 0 spiro atoms. The van der Waals surface area contributed by atoms with Gasteiger partial charge in [-0.1, -0.05) is 18.2 Å². The van der Waals surface area contributed by atoms with Crippen LogP contribution in [0.25, 0.3) is 10.6 Å². The molecule has 1 aliphatic heterocycles. The first-order valence-corrected chi connectivity index (χ1v) is 8.90. The molecular weight excluding hydrogens is 336 g/mol. The first-order chi connectivity index (χ1) is 12.2. The maximum absolute atomic E-state index is 12.1. The monoisotopic (exact) mass is 354 g/mol. The number of benzene rings is 1. The Kier molecular flexibility index (Phi) is 4.25. The van der Waals surface area contributed by atoms with Crippen LogP contribution in [0.4, 0.5) is 0 Å². The fourth-order valence-electron chi connectivity index (χ4n) is 2.85. The Morgan fingerprint density at radius 3 is 2.92 bits per heavy atom. The minimum absolute atomic E-state index is 0.0801. The van der Waals surface area contributed by atoms with Crippen LogP contribution in [0.15, 0.2) is 47.8 Å². The summed E-state index contributed by atoms with van der Waals surface area (Å²) in [5.74, 6) is 0.751. The molecule has 3 aromatic rings. The van der Waals surface area contributed by atoms with Crippen molar-refractivity contribution in [3.63, 3.8) is 0 Å². The van der Waals surface area contributed by atoms with Gasteiger partial charge in [0.25, 0.3) is 5.91 Å². The number of amides is 1. The SMILES string of the molecule is COc1ccc(CN[C@H]2CNC(=O)c3cc(-c4cccs4)nn32)cc1. The van der Waals surface area contributed by atoms with Crippen molar-refractivity contribution in [1.29, 1.82) is 0 Å². The molecule has 3 heterocycles. The second-order valence-corrected chi connectivity index (χ2v) is 6.74. The Bertz CT molecular complexity index is 871. The first kappa shape index (κ1) is 15.9. The summed E-state index contributed by atoms with van der Waals surface area (Å²) in [6, 6.07) is 13.8. The topological polar surface area (TPSA) is 68.2 Å². The molecule has 0 unspecified atom stereocenters. The van der Waals surface area contributed by atoms with Gasteiger partial charge in [-0.25, -0.2) is 4.68 Å². The average Bonchev–Trinajstić information content (AvgIpc) is 3.31. The Balaban J connectivity index is 1.53. The molecule has 128 valence electrons. The number of thiophene rings is 1. The normalized spacial score (nSPS) is 16.4. The quantitative estimate of drug-likeness (QED) is 0.739. The van der Waals surface area contributed by atoms with Gasteiger partial charge in [0, 0.05) is 6.54 Å². The lowest BCUT2D eigenvalue weighted by atomic mass is 10.2. The van der Waals surface area contributed by atoms with Crippen LogP contribution in [0, 0.1) is 0 Å². The number of nitrogens with one attached hydrogen (secondary N) is 2. The molecule has 0 bridgehead atoms. The van der Waals surface area contributed by atoms with E-state index in [0.29, 0.717) is 18.8 Å². The van der Waals surface area contributed by atoms with E-state index in [1.54, 1.807) is 23.1 Å². The lowest BCUT2D eigenvalue weighted by Crippen LogP contribution is -2.45. The number of hydrogen-bond acceptors (Lipinski definition) is 5.